The third-order valence-corrected chi connectivity index (χ3v) is 5.66. The Kier molecular flexibility index (Phi) is 21.5. The highest BCUT2D eigenvalue weighted by Gasteiger charge is 2.22. The summed E-state index contributed by atoms with van der Waals surface area (Å²) in [6.07, 6.45) is 1.55. The van der Waals surface area contributed by atoms with Gasteiger partial charge in [0.15, 0.2) is 0 Å². The van der Waals surface area contributed by atoms with Gasteiger partial charge in [-0.25, -0.2) is 4.79 Å². The third-order valence-electron chi connectivity index (χ3n) is 5.66. The Balaban J connectivity index is 1.20. The van der Waals surface area contributed by atoms with Crippen LogP contribution in [0.25, 0.3) is 0 Å². The summed E-state index contributed by atoms with van der Waals surface area (Å²) < 4.78 is 52.9. The van der Waals surface area contributed by atoms with Crippen LogP contribution in [0, 0.1) is 10.1 Å². The van der Waals surface area contributed by atoms with E-state index >= 15 is 0 Å². The molecule has 2 rings (SSSR count). The number of nitrogens with zero attached hydrogens (tertiary/aromatic N) is 2. The molecule has 0 saturated heterocycles. The second-order valence-electron chi connectivity index (χ2n) is 9.01. The molecule has 0 saturated carbocycles. The van der Waals surface area contributed by atoms with Crippen molar-refractivity contribution in [2.75, 3.05) is 119 Å². The van der Waals surface area contributed by atoms with Crippen LogP contribution in [0.3, 0.4) is 0 Å². The number of nitro groups is 1. The average molecular weight is 659 g/mol. The highest BCUT2D eigenvalue weighted by Crippen LogP contribution is 2.17. The van der Waals surface area contributed by atoms with Crippen molar-refractivity contribution in [3.05, 3.63) is 46.5 Å². The molecule has 0 bridgehead atoms. The van der Waals surface area contributed by atoms with Gasteiger partial charge in [-0.2, -0.15) is 0 Å². The molecular formula is C29H42N2O15. The minimum atomic E-state index is -0.934. The van der Waals surface area contributed by atoms with Gasteiger partial charge in [-0.1, -0.05) is 0 Å². The van der Waals surface area contributed by atoms with E-state index in [4.69, 9.17) is 47.4 Å². The van der Waals surface area contributed by atoms with Gasteiger partial charge in [0.05, 0.1) is 117 Å². The zero-order chi connectivity index (χ0) is 33.1. The zero-order valence-electron chi connectivity index (χ0n) is 25.7. The van der Waals surface area contributed by atoms with Crippen LogP contribution in [0.5, 0.6) is 5.75 Å². The first-order chi connectivity index (χ1) is 22.5. The summed E-state index contributed by atoms with van der Waals surface area (Å²) in [6.45, 7) is 6.32. The summed E-state index contributed by atoms with van der Waals surface area (Å²) >= 11 is 0. The average Bonchev–Trinajstić information content (AvgIpc) is 3.37. The number of carbonyl (C=O) groups excluding carboxylic acids is 3. The summed E-state index contributed by atoms with van der Waals surface area (Å²) in [6, 6.07) is 5.05. The fourth-order valence-electron chi connectivity index (χ4n) is 3.39. The van der Waals surface area contributed by atoms with Crippen LogP contribution in [0.1, 0.15) is 0 Å². The van der Waals surface area contributed by atoms with Crippen molar-refractivity contribution in [2.24, 2.45) is 0 Å². The second-order valence-corrected chi connectivity index (χ2v) is 9.01. The van der Waals surface area contributed by atoms with E-state index in [1.165, 1.54) is 36.4 Å². The summed E-state index contributed by atoms with van der Waals surface area (Å²) in [5, 5.41) is 10.6. The van der Waals surface area contributed by atoms with E-state index in [-0.39, 0.29) is 49.6 Å². The number of ether oxygens (including phenoxy) is 10. The summed E-state index contributed by atoms with van der Waals surface area (Å²) in [4.78, 5) is 45.6. The topological polar surface area (TPSA) is 190 Å². The number of hydrogen-bond donors (Lipinski definition) is 0. The first-order valence-corrected chi connectivity index (χ1v) is 14.7. The lowest BCUT2D eigenvalue weighted by molar-refractivity contribution is -0.384. The Morgan fingerprint density at radius 1 is 0.565 bits per heavy atom. The minimum Gasteiger partial charge on any atom is -0.432 e. The lowest BCUT2D eigenvalue weighted by Gasteiger charge is -2.13. The molecule has 1 aliphatic heterocycles. The van der Waals surface area contributed by atoms with E-state index in [1.54, 1.807) is 0 Å². The highest BCUT2D eigenvalue weighted by atomic mass is 16.7. The summed E-state index contributed by atoms with van der Waals surface area (Å²) in [5.74, 6) is -0.504. The van der Waals surface area contributed by atoms with Gasteiger partial charge < -0.3 is 47.4 Å². The van der Waals surface area contributed by atoms with E-state index < -0.39 is 11.1 Å². The number of imide groups is 1. The standard InChI is InChI=1S/C29H42N2O15/c32-27-5-6-28(33)30(27)7-8-37-9-10-38-11-12-39-13-14-40-15-16-41-17-18-42-19-20-43-21-22-44-23-24-45-29(34)46-26-3-1-25(2-4-26)31(35)36/h1-6H,7-24H2. The molecule has 1 aliphatic rings. The molecule has 1 heterocycles. The molecule has 0 unspecified atom stereocenters. The van der Waals surface area contributed by atoms with E-state index in [1.807, 2.05) is 0 Å². The van der Waals surface area contributed by atoms with Crippen molar-refractivity contribution in [2.45, 2.75) is 0 Å². The van der Waals surface area contributed by atoms with Crippen molar-refractivity contribution < 1.29 is 66.7 Å². The highest BCUT2D eigenvalue weighted by molar-refractivity contribution is 6.12. The van der Waals surface area contributed by atoms with Crippen LogP contribution in [0.4, 0.5) is 10.5 Å². The Morgan fingerprint density at radius 2 is 0.913 bits per heavy atom. The van der Waals surface area contributed by atoms with Crippen LogP contribution in [-0.4, -0.2) is 147 Å². The molecular weight excluding hydrogens is 616 g/mol. The van der Waals surface area contributed by atoms with Crippen molar-refractivity contribution in [3.8, 4) is 5.75 Å². The zero-order valence-corrected chi connectivity index (χ0v) is 25.7. The molecule has 0 spiro atoms. The van der Waals surface area contributed by atoms with Gasteiger partial charge in [-0.3, -0.25) is 24.6 Å². The molecule has 258 valence electrons. The predicted molar refractivity (Wildman–Crippen MR) is 157 cm³/mol. The number of amides is 2. The van der Waals surface area contributed by atoms with E-state index in [2.05, 4.69) is 0 Å². The van der Waals surface area contributed by atoms with Crippen LogP contribution in [-0.2, 0) is 52.2 Å². The van der Waals surface area contributed by atoms with Gasteiger partial charge in [0.25, 0.3) is 17.5 Å². The van der Waals surface area contributed by atoms with Gasteiger partial charge >= 0.3 is 6.16 Å². The Hall–Kier alpha value is -3.55. The maximum atomic E-state index is 11.6. The fraction of sp³-hybridized carbons (Fsp3) is 0.621. The molecule has 0 aliphatic carbocycles. The number of hydrogen-bond acceptors (Lipinski definition) is 15. The van der Waals surface area contributed by atoms with Crippen molar-refractivity contribution >= 4 is 23.7 Å². The normalized spacial score (nSPS) is 12.7. The van der Waals surface area contributed by atoms with Crippen LogP contribution in [0.15, 0.2) is 36.4 Å². The van der Waals surface area contributed by atoms with Gasteiger partial charge in [0, 0.05) is 24.3 Å². The molecule has 17 nitrogen and oxygen atoms in total. The first kappa shape index (κ1) is 38.6. The molecule has 0 fully saturated rings. The molecule has 46 heavy (non-hydrogen) atoms. The molecule has 17 heteroatoms. The maximum Gasteiger partial charge on any atom is 0.513 e. The van der Waals surface area contributed by atoms with Crippen LogP contribution in [0.2, 0.25) is 0 Å². The van der Waals surface area contributed by atoms with Gasteiger partial charge in [0.2, 0.25) is 0 Å². The Bertz CT molecular complexity index is 1020. The van der Waals surface area contributed by atoms with Crippen LogP contribution >= 0.6 is 0 Å². The quantitative estimate of drug-likeness (QED) is 0.0297. The lowest BCUT2D eigenvalue weighted by atomic mass is 10.3. The summed E-state index contributed by atoms with van der Waals surface area (Å²) in [7, 11) is 0. The fourth-order valence-corrected chi connectivity index (χ4v) is 3.39. The molecule has 2 amide bonds. The Labute approximate surface area is 266 Å². The van der Waals surface area contributed by atoms with Crippen molar-refractivity contribution in [1.82, 2.24) is 4.90 Å². The molecule has 0 radical (unpaired) electrons. The maximum absolute atomic E-state index is 11.6. The summed E-state index contributed by atoms with van der Waals surface area (Å²) in [5.41, 5.74) is -0.111. The number of nitro benzene ring substituents is 1. The van der Waals surface area contributed by atoms with Crippen molar-refractivity contribution in [3.63, 3.8) is 0 Å². The number of non-ortho nitro benzene ring substituents is 1. The van der Waals surface area contributed by atoms with E-state index in [0.717, 1.165) is 4.90 Å². The Morgan fingerprint density at radius 3 is 1.28 bits per heavy atom. The molecule has 1 aromatic rings. The molecule has 0 aromatic heterocycles. The largest absolute Gasteiger partial charge is 0.513 e. The lowest BCUT2D eigenvalue weighted by Crippen LogP contribution is -2.33. The smallest absolute Gasteiger partial charge is 0.432 e. The number of rotatable bonds is 29. The van der Waals surface area contributed by atoms with Gasteiger partial charge in [0.1, 0.15) is 12.4 Å². The second kappa shape index (κ2) is 25.6. The minimum absolute atomic E-state index is 0.0157. The molecule has 1 aromatic carbocycles. The van der Waals surface area contributed by atoms with E-state index in [0.29, 0.717) is 92.5 Å². The number of carbonyl (C=O) groups is 3. The SMILES string of the molecule is O=C(OCCOCCOCCOCCOCCOCCOCCOCCOCCN1C(=O)C=CC1=O)Oc1ccc([N+](=O)[O-])cc1. The first-order valence-electron chi connectivity index (χ1n) is 14.7. The van der Waals surface area contributed by atoms with Gasteiger partial charge in [-0.05, 0) is 12.1 Å². The molecule has 0 atom stereocenters. The van der Waals surface area contributed by atoms with E-state index in [9.17, 15) is 24.5 Å². The van der Waals surface area contributed by atoms with Crippen molar-refractivity contribution in [1.29, 1.82) is 0 Å². The predicted octanol–water partition coefficient (Wildman–Crippen LogP) is 1.17. The molecule has 0 N–H and O–H groups in total. The number of benzene rings is 1. The third kappa shape index (κ3) is 19.1. The monoisotopic (exact) mass is 658 g/mol. The van der Waals surface area contributed by atoms with Crippen LogP contribution < -0.4 is 4.74 Å². The van der Waals surface area contributed by atoms with Gasteiger partial charge in [-0.15, -0.1) is 0 Å².